The molecule has 1 heterocycles. The van der Waals surface area contributed by atoms with Gasteiger partial charge in [-0.2, -0.15) is 0 Å². The molecule has 1 unspecified atom stereocenters. The molecule has 1 saturated heterocycles. The predicted octanol–water partition coefficient (Wildman–Crippen LogP) is 4.17. The number of hydrogen-bond acceptors (Lipinski definition) is 1. The van der Waals surface area contributed by atoms with Crippen molar-refractivity contribution in [3.05, 3.63) is 34.9 Å². The highest BCUT2D eigenvalue weighted by Gasteiger charge is 2.22. The van der Waals surface area contributed by atoms with Crippen molar-refractivity contribution in [1.82, 2.24) is 4.90 Å². The predicted molar refractivity (Wildman–Crippen MR) is 84.0 cm³/mol. The highest BCUT2D eigenvalue weighted by atomic mass is 19.1. The molecule has 1 aliphatic heterocycles. The maximum Gasteiger partial charge on any atom is 0.114 e. The molecule has 0 spiro atoms. The topological polar surface area (TPSA) is 3.24 Å². The molecular weight excluding hydrogens is 249 g/mol. The Labute approximate surface area is 123 Å². The third-order valence-corrected chi connectivity index (χ3v) is 4.30. The molecule has 1 fully saturated rings. The third kappa shape index (κ3) is 4.31. The Morgan fingerprint density at radius 3 is 2.80 bits per heavy atom. The van der Waals surface area contributed by atoms with Crippen LogP contribution in [0.1, 0.15) is 43.4 Å². The largest absolute Gasteiger partial charge is 0.300 e. The van der Waals surface area contributed by atoms with Crippen molar-refractivity contribution in [1.29, 1.82) is 0 Å². The van der Waals surface area contributed by atoms with Gasteiger partial charge < -0.3 is 4.90 Å². The van der Waals surface area contributed by atoms with Gasteiger partial charge in [0.15, 0.2) is 0 Å². The van der Waals surface area contributed by atoms with Gasteiger partial charge in [-0.25, -0.2) is 4.39 Å². The fourth-order valence-electron chi connectivity index (χ4n) is 3.29. The summed E-state index contributed by atoms with van der Waals surface area (Å²) in [6, 6.07) is 6.90. The zero-order valence-electron chi connectivity index (χ0n) is 13.2. The number of rotatable bonds is 6. The van der Waals surface area contributed by atoms with Crippen LogP contribution in [0.15, 0.2) is 18.2 Å². The molecule has 0 radical (unpaired) electrons. The van der Waals surface area contributed by atoms with E-state index in [4.69, 9.17) is 0 Å². The Bertz CT molecular complexity index is 429. The van der Waals surface area contributed by atoms with E-state index < -0.39 is 6.17 Å². The molecule has 1 nitrogen and oxygen atoms in total. The van der Waals surface area contributed by atoms with Crippen LogP contribution in [0.5, 0.6) is 0 Å². The van der Waals surface area contributed by atoms with Crippen LogP contribution < -0.4 is 0 Å². The lowest BCUT2D eigenvalue weighted by atomic mass is 9.96. The molecule has 0 aromatic heterocycles. The van der Waals surface area contributed by atoms with E-state index in [0.717, 1.165) is 25.9 Å². The van der Waals surface area contributed by atoms with Gasteiger partial charge in [-0.15, -0.1) is 0 Å². The summed E-state index contributed by atoms with van der Waals surface area (Å²) in [5.74, 6) is 0.594. The summed E-state index contributed by atoms with van der Waals surface area (Å²) < 4.78 is 13.2. The van der Waals surface area contributed by atoms with Gasteiger partial charge >= 0.3 is 0 Å². The normalized spacial score (nSPS) is 21.3. The molecule has 1 aliphatic rings. The second kappa shape index (κ2) is 7.21. The quantitative estimate of drug-likeness (QED) is 0.754. The van der Waals surface area contributed by atoms with E-state index in [1.54, 1.807) is 0 Å². The maximum absolute atomic E-state index is 13.2. The molecule has 0 N–H and O–H groups in total. The smallest absolute Gasteiger partial charge is 0.114 e. The number of aryl methyl sites for hydroxylation is 2. The first-order valence-electron chi connectivity index (χ1n) is 8.03. The van der Waals surface area contributed by atoms with Crippen LogP contribution in [0, 0.1) is 12.8 Å². The van der Waals surface area contributed by atoms with Crippen molar-refractivity contribution in [2.45, 2.75) is 52.6 Å². The van der Waals surface area contributed by atoms with Crippen LogP contribution in [0.3, 0.4) is 0 Å². The van der Waals surface area contributed by atoms with Crippen molar-refractivity contribution < 1.29 is 4.39 Å². The van der Waals surface area contributed by atoms with Crippen molar-refractivity contribution in [2.24, 2.45) is 5.92 Å². The summed E-state index contributed by atoms with van der Waals surface area (Å²) >= 11 is 0. The van der Waals surface area contributed by atoms with E-state index in [1.807, 2.05) is 0 Å². The number of likely N-dealkylation sites (tertiary alicyclic amines) is 1. The van der Waals surface area contributed by atoms with E-state index in [0.29, 0.717) is 12.5 Å². The van der Waals surface area contributed by atoms with E-state index in [-0.39, 0.29) is 0 Å². The van der Waals surface area contributed by atoms with Crippen LogP contribution in [0.4, 0.5) is 4.39 Å². The minimum Gasteiger partial charge on any atom is -0.300 e. The highest BCUT2D eigenvalue weighted by molar-refractivity contribution is 5.31. The lowest BCUT2D eigenvalue weighted by molar-refractivity contribution is 0.257. The fourth-order valence-corrected chi connectivity index (χ4v) is 3.29. The number of alkyl halides is 1. The zero-order valence-corrected chi connectivity index (χ0v) is 13.2. The number of hydrogen-bond donors (Lipinski definition) is 0. The van der Waals surface area contributed by atoms with E-state index in [1.165, 1.54) is 29.5 Å². The van der Waals surface area contributed by atoms with Gasteiger partial charge in [0.25, 0.3) is 0 Å². The lowest BCUT2D eigenvalue weighted by Crippen LogP contribution is -2.27. The molecule has 2 atom stereocenters. The van der Waals surface area contributed by atoms with Gasteiger partial charge in [0, 0.05) is 19.6 Å². The van der Waals surface area contributed by atoms with E-state index in [2.05, 4.69) is 43.9 Å². The number of halogens is 1. The molecule has 0 saturated carbocycles. The Hall–Kier alpha value is -0.890. The Kier molecular flexibility index (Phi) is 5.59. The first-order chi connectivity index (χ1) is 9.58. The van der Waals surface area contributed by atoms with Crippen molar-refractivity contribution in [2.75, 3.05) is 19.6 Å². The SMILES string of the molecule is CCCc1ccc(CC(C)CN2CC[C@@H](F)C2)cc1C. The molecule has 0 bridgehead atoms. The highest BCUT2D eigenvalue weighted by Crippen LogP contribution is 2.19. The first kappa shape index (κ1) is 15.5. The fraction of sp³-hybridized carbons (Fsp3) is 0.667. The average molecular weight is 277 g/mol. The second-order valence-electron chi connectivity index (χ2n) is 6.47. The third-order valence-electron chi connectivity index (χ3n) is 4.30. The van der Waals surface area contributed by atoms with Crippen molar-refractivity contribution in [3.8, 4) is 0 Å². The second-order valence-corrected chi connectivity index (χ2v) is 6.47. The van der Waals surface area contributed by atoms with Crippen LogP contribution in [0.25, 0.3) is 0 Å². The van der Waals surface area contributed by atoms with Gasteiger partial charge in [0.05, 0.1) is 0 Å². The molecule has 112 valence electrons. The summed E-state index contributed by atoms with van der Waals surface area (Å²) in [5, 5.41) is 0. The minimum absolute atomic E-state index is 0.594. The molecule has 20 heavy (non-hydrogen) atoms. The number of nitrogens with zero attached hydrogens (tertiary/aromatic N) is 1. The summed E-state index contributed by atoms with van der Waals surface area (Å²) in [6.07, 6.45) is 3.60. The molecule has 1 aromatic rings. The Balaban J connectivity index is 1.87. The van der Waals surface area contributed by atoms with Crippen LogP contribution >= 0.6 is 0 Å². The van der Waals surface area contributed by atoms with Gasteiger partial charge in [-0.3, -0.25) is 0 Å². The summed E-state index contributed by atoms with van der Waals surface area (Å²) in [5.41, 5.74) is 4.32. The summed E-state index contributed by atoms with van der Waals surface area (Å²) in [6.45, 7) is 9.31. The van der Waals surface area contributed by atoms with E-state index >= 15 is 0 Å². The summed E-state index contributed by atoms with van der Waals surface area (Å²) in [4.78, 5) is 2.27. The Morgan fingerprint density at radius 2 is 2.20 bits per heavy atom. The van der Waals surface area contributed by atoms with Gasteiger partial charge in [-0.05, 0) is 48.8 Å². The van der Waals surface area contributed by atoms with E-state index in [9.17, 15) is 4.39 Å². The van der Waals surface area contributed by atoms with Crippen molar-refractivity contribution >= 4 is 0 Å². The lowest BCUT2D eigenvalue weighted by Gasteiger charge is -2.20. The van der Waals surface area contributed by atoms with Gasteiger partial charge in [0.1, 0.15) is 6.17 Å². The first-order valence-corrected chi connectivity index (χ1v) is 8.03. The minimum atomic E-state index is -0.599. The molecule has 1 aromatic carbocycles. The van der Waals surface area contributed by atoms with Gasteiger partial charge in [-0.1, -0.05) is 38.5 Å². The van der Waals surface area contributed by atoms with Crippen molar-refractivity contribution in [3.63, 3.8) is 0 Å². The maximum atomic E-state index is 13.2. The van der Waals surface area contributed by atoms with Crippen LogP contribution in [0.2, 0.25) is 0 Å². The number of benzene rings is 1. The van der Waals surface area contributed by atoms with Crippen LogP contribution in [-0.4, -0.2) is 30.7 Å². The molecule has 0 amide bonds. The van der Waals surface area contributed by atoms with Crippen LogP contribution in [-0.2, 0) is 12.8 Å². The Morgan fingerprint density at radius 1 is 1.40 bits per heavy atom. The van der Waals surface area contributed by atoms with Gasteiger partial charge in [0.2, 0.25) is 0 Å². The average Bonchev–Trinajstić information content (AvgIpc) is 2.78. The molecule has 2 rings (SSSR count). The molecule has 2 heteroatoms. The zero-order chi connectivity index (χ0) is 14.5. The molecular formula is C18H28FN. The monoisotopic (exact) mass is 277 g/mol. The summed E-state index contributed by atoms with van der Waals surface area (Å²) in [7, 11) is 0. The standard InChI is InChI=1S/C18H28FN/c1-4-5-17-7-6-16(11-15(17)3)10-14(2)12-20-9-8-18(19)13-20/h6-7,11,14,18H,4-5,8-10,12-13H2,1-3H3/t14?,18-/m1/s1. The molecule has 0 aliphatic carbocycles.